The Balaban J connectivity index is 1.47. The molecule has 3 amide bonds. The molecule has 0 radical (unpaired) electrons. The number of esters is 1. The molecular weight excluding hydrogens is 791 g/mol. The number of alkyl halides is 3. The van der Waals surface area contributed by atoms with Crippen molar-refractivity contribution in [3.05, 3.63) is 40.4 Å². The average Bonchev–Trinajstić information content (AvgIpc) is 3.96. The van der Waals surface area contributed by atoms with Gasteiger partial charge < -0.3 is 14.4 Å². The summed E-state index contributed by atoms with van der Waals surface area (Å²) in [5, 5.41) is 2.88. The molecule has 1 aromatic carbocycles. The first-order chi connectivity index (χ1) is 26.3. The fourth-order valence-corrected chi connectivity index (χ4v) is 9.71. The number of amides is 3. The van der Waals surface area contributed by atoms with Crippen LogP contribution in [0.2, 0.25) is 5.02 Å². The third kappa shape index (κ3) is 9.80. The number of aryl methyl sites for hydroxylation is 2. The van der Waals surface area contributed by atoms with Gasteiger partial charge in [0.1, 0.15) is 6.10 Å². The van der Waals surface area contributed by atoms with Crippen LogP contribution in [0.5, 0.6) is 0 Å². The minimum absolute atomic E-state index is 0.0164. The molecule has 2 N–H and O–H groups in total. The number of anilines is 1. The Bertz CT molecular complexity index is 1910. The van der Waals surface area contributed by atoms with Gasteiger partial charge in [-0.15, -0.1) is 0 Å². The van der Waals surface area contributed by atoms with Crippen molar-refractivity contribution in [3.8, 4) is 0 Å². The van der Waals surface area contributed by atoms with Crippen LogP contribution in [0, 0.1) is 42.9 Å². The SMILES string of the molecule is Cc1cc(C)c(NC(=O)O[C@@H]2C[C@H]3C(=O)C[C@]4(C(=O)NS(=O)(=O)C5(C)CC5)C[C@H]4/C=C\CC[C@@H](C)C[C@@H](C)[C@H](CC(=O)OC(C)(C)C(F)(F)F)C(=O)N3C2)c(Cl)c1. The summed E-state index contributed by atoms with van der Waals surface area (Å²) in [6.07, 6.45) is -1.98. The highest BCUT2D eigenvalue weighted by Gasteiger charge is 2.63. The Morgan fingerprint density at radius 3 is 2.35 bits per heavy atom. The molecule has 0 aromatic heterocycles. The van der Waals surface area contributed by atoms with Gasteiger partial charge in [-0.05, 0) is 108 Å². The summed E-state index contributed by atoms with van der Waals surface area (Å²) in [4.78, 5) is 70.6. The quantitative estimate of drug-likeness (QED) is 0.201. The van der Waals surface area contributed by atoms with Gasteiger partial charge >= 0.3 is 18.2 Å². The number of Topliss-reactive ketones (excluding diaryl/α,β-unsaturated/α-hetero) is 1. The molecule has 57 heavy (non-hydrogen) atoms. The number of hydrogen-bond acceptors (Lipinski definition) is 9. The van der Waals surface area contributed by atoms with E-state index in [4.69, 9.17) is 21.1 Å². The number of ketones is 1. The Morgan fingerprint density at radius 1 is 1.07 bits per heavy atom. The van der Waals surface area contributed by atoms with Crippen LogP contribution < -0.4 is 10.0 Å². The summed E-state index contributed by atoms with van der Waals surface area (Å²) in [7, 11) is -4.06. The summed E-state index contributed by atoms with van der Waals surface area (Å²) >= 11 is 6.39. The standard InChI is InChI=1S/C40H53ClF3N3O9S/c1-22-10-8-9-11-26-19-39(26,35(51)46-57(53,54)38(7)12-13-38)20-31(48)30-17-27(55-36(52)45-33-25(4)15-23(2)16-29(33)41)21-47(30)34(50)28(24(3)14-22)18-32(49)56-37(5,6)40(42,43)44/h9,11,15-16,22,24,26-28,30H,8,10,12-14,17-21H2,1-7H3,(H,45,52)(H,46,51)/b11-9-/t22-,24-,26-,27-,28+,30+,39-/m1/s1. The van der Waals surface area contributed by atoms with Crippen LogP contribution >= 0.6 is 11.6 Å². The van der Waals surface area contributed by atoms with Gasteiger partial charge in [-0.25, -0.2) is 13.2 Å². The fourth-order valence-electron chi connectivity index (χ4n) is 8.01. The van der Waals surface area contributed by atoms with E-state index in [0.717, 1.165) is 5.56 Å². The van der Waals surface area contributed by atoms with E-state index in [1.165, 1.54) is 11.8 Å². The Kier molecular flexibility index (Phi) is 12.6. The van der Waals surface area contributed by atoms with E-state index in [2.05, 4.69) is 10.0 Å². The number of carbonyl (C=O) groups excluding carboxylic acids is 5. The Morgan fingerprint density at radius 2 is 1.74 bits per heavy atom. The molecule has 316 valence electrons. The highest BCUT2D eigenvalue weighted by atomic mass is 35.5. The largest absolute Gasteiger partial charge is 0.450 e. The third-order valence-corrected chi connectivity index (χ3v) is 14.6. The number of ether oxygens (including phenoxy) is 2. The first-order valence-corrected chi connectivity index (χ1v) is 21.2. The fraction of sp³-hybridized carbons (Fsp3) is 0.675. The first kappa shape index (κ1) is 44.4. The number of sulfonamides is 1. The van der Waals surface area contributed by atoms with Gasteiger partial charge in [0.2, 0.25) is 27.4 Å². The number of carbonyl (C=O) groups is 5. The minimum atomic E-state index is -4.89. The van der Waals surface area contributed by atoms with Crippen LogP contribution in [0.15, 0.2) is 24.3 Å². The molecule has 0 spiro atoms. The van der Waals surface area contributed by atoms with E-state index in [1.54, 1.807) is 26.0 Å². The Labute approximate surface area is 337 Å². The molecule has 2 saturated carbocycles. The Hall–Kier alpha value is -3.66. The molecule has 4 aliphatic rings. The van der Waals surface area contributed by atoms with Gasteiger partial charge in [0.25, 0.3) is 0 Å². The summed E-state index contributed by atoms with van der Waals surface area (Å²) in [6, 6.07) is 2.17. The lowest BCUT2D eigenvalue weighted by Crippen LogP contribution is -2.48. The lowest BCUT2D eigenvalue weighted by molar-refractivity contribution is -0.257. The van der Waals surface area contributed by atoms with E-state index < -0.39 is 104 Å². The van der Waals surface area contributed by atoms with Crippen LogP contribution in [0.1, 0.15) is 104 Å². The summed E-state index contributed by atoms with van der Waals surface area (Å²) in [5.41, 5.74) is -2.46. The monoisotopic (exact) mass is 843 g/mol. The van der Waals surface area contributed by atoms with Crippen molar-refractivity contribution >= 4 is 57.0 Å². The van der Waals surface area contributed by atoms with E-state index in [1.807, 2.05) is 26.0 Å². The van der Waals surface area contributed by atoms with Crippen molar-refractivity contribution in [2.45, 2.75) is 135 Å². The van der Waals surface area contributed by atoms with E-state index >= 15 is 0 Å². The van der Waals surface area contributed by atoms with Gasteiger partial charge in [-0.2, -0.15) is 13.2 Å². The highest BCUT2D eigenvalue weighted by molar-refractivity contribution is 7.91. The zero-order chi connectivity index (χ0) is 42.5. The molecule has 3 fully saturated rings. The number of allylic oxidation sites excluding steroid dienone is 2. The lowest BCUT2D eigenvalue weighted by Gasteiger charge is -2.33. The number of rotatable bonds is 8. The van der Waals surface area contributed by atoms with Crippen LogP contribution in [-0.2, 0) is 38.7 Å². The van der Waals surface area contributed by atoms with Gasteiger partial charge in [0.15, 0.2) is 5.78 Å². The van der Waals surface area contributed by atoms with Crippen molar-refractivity contribution < 1.29 is 55.0 Å². The van der Waals surface area contributed by atoms with Gasteiger partial charge in [-0.3, -0.25) is 29.2 Å². The third-order valence-electron chi connectivity index (χ3n) is 12.2. The van der Waals surface area contributed by atoms with Crippen LogP contribution in [0.25, 0.3) is 0 Å². The number of nitrogens with zero attached hydrogens (tertiary/aromatic N) is 1. The number of fused-ring (bicyclic) bond motifs is 2. The summed E-state index contributed by atoms with van der Waals surface area (Å²) < 4.78 is 79.2. The molecular formula is C40H53ClF3N3O9S. The molecule has 2 aliphatic carbocycles. The minimum Gasteiger partial charge on any atom is -0.450 e. The molecule has 2 heterocycles. The summed E-state index contributed by atoms with van der Waals surface area (Å²) in [5.74, 6) is -5.65. The van der Waals surface area contributed by atoms with E-state index in [-0.39, 0.29) is 30.3 Å². The molecule has 17 heteroatoms. The molecule has 0 bridgehead atoms. The maximum absolute atomic E-state index is 14.7. The molecule has 0 unspecified atom stereocenters. The maximum Gasteiger partial charge on any atom is 0.427 e. The zero-order valence-corrected chi connectivity index (χ0v) is 35.0. The van der Waals surface area contributed by atoms with Crippen molar-refractivity contribution in [1.29, 1.82) is 0 Å². The lowest BCUT2D eigenvalue weighted by atomic mass is 9.82. The van der Waals surface area contributed by atoms with Crippen LogP contribution in [0.4, 0.5) is 23.7 Å². The maximum atomic E-state index is 14.7. The molecule has 7 atom stereocenters. The smallest absolute Gasteiger partial charge is 0.427 e. The predicted molar refractivity (Wildman–Crippen MR) is 205 cm³/mol. The predicted octanol–water partition coefficient (Wildman–Crippen LogP) is 7.34. The second-order valence-electron chi connectivity index (χ2n) is 17.4. The van der Waals surface area contributed by atoms with Gasteiger partial charge in [-0.1, -0.05) is 43.7 Å². The topological polar surface area (TPSA) is 165 Å². The first-order valence-electron chi connectivity index (χ1n) is 19.4. The second kappa shape index (κ2) is 16.2. The molecule has 12 nitrogen and oxygen atoms in total. The van der Waals surface area contributed by atoms with Crippen molar-refractivity contribution in [1.82, 2.24) is 9.62 Å². The van der Waals surface area contributed by atoms with Crippen molar-refractivity contribution in [2.24, 2.45) is 29.1 Å². The van der Waals surface area contributed by atoms with Gasteiger partial charge in [0.05, 0.1) is 45.8 Å². The number of halogens is 4. The van der Waals surface area contributed by atoms with E-state index in [0.29, 0.717) is 57.2 Å². The molecule has 2 aliphatic heterocycles. The molecule has 1 saturated heterocycles. The van der Waals surface area contributed by atoms with Crippen LogP contribution in [-0.4, -0.2) is 78.2 Å². The van der Waals surface area contributed by atoms with Gasteiger partial charge in [0, 0.05) is 12.8 Å². The van der Waals surface area contributed by atoms with E-state index in [9.17, 15) is 45.6 Å². The average molecular weight is 844 g/mol. The normalized spacial score (nSPS) is 29.8. The van der Waals surface area contributed by atoms with Crippen molar-refractivity contribution in [3.63, 3.8) is 0 Å². The molecule has 1 aromatic rings. The second-order valence-corrected chi connectivity index (χ2v) is 20.0. The zero-order valence-electron chi connectivity index (χ0n) is 33.4. The summed E-state index contributed by atoms with van der Waals surface area (Å²) in [6.45, 7) is 9.89. The van der Waals surface area contributed by atoms with Crippen LogP contribution in [0.3, 0.4) is 0 Å². The number of hydrogen-bond donors (Lipinski definition) is 2. The molecule has 5 rings (SSSR count). The number of nitrogens with one attached hydrogen (secondary N) is 2. The number of benzene rings is 1. The van der Waals surface area contributed by atoms with Crippen molar-refractivity contribution in [2.75, 3.05) is 11.9 Å². The highest BCUT2D eigenvalue weighted by Crippen LogP contribution is 2.58.